The molecule has 164 valence electrons. The van der Waals surface area contributed by atoms with Crippen molar-refractivity contribution in [1.82, 2.24) is 24.8 Å². The minimum Gasteiger partial charge on any atom is -0.340 e. The van der Waals surface area contributed by atoms with E-state index in [2.05, 4.69) is 15.3 Å². The first-order valence-corrected chi connectivity index (χ1v) is 11.1. The molecule has 1 aliphatic rings. The summed E-state index contributed by atoms with van der Waals surface area (Å²) in [5.41, 5.74) is 3.23. The van der Waals surface area contributed by atoms with Gasteiger partial charge < -0.3 is 10.2 Å². The Morgan fingerprint density at radius 3 is 2.55 bits per heavy atom. The largest absolute Gasteiger partial charge is 0.340 e. The molecule has 3 aromatic heterocycles. The molecule has 1 aromatic carbocycles. The van der Waals surface area contributed by atoms with Gasteiger partial charge in [-0.3, -0.25) is 14.8 Å². The zero-order valence-electron chi connectivity index (χ0n) is 18.1. The van der Waals surface area contributed by atoms with Crippen LogP contribution in [-0.4, -0.2) is 43.8 Å². The molecule has 4 aromatic rings. The van der Waals surface area contributed by atoms with Crippen LogP contribution >= 0.6 is 0 Å². The Morgan fingerprint density at radius 1 is 0.939 bits per heavy atom. The summed E-state index contributed by atoms with van der Waals surface area (Å²) in [5, 5.41) is 3.40. The molecule has 0 unspecified atom stereocenters. The molecule has 4 heterocycles. The number of piperidine rings is 1. The second kappa shape index (κ2) is 9.56. The zero-order valence-corrected chi connectivity index (χ0v) is 18.1. The smallest absolute Gasteiger partial charge is 0.272 e. The Kier molecular flexibility index (Phi) is 6.01. The Bertz CT molecular complexity index is 1220. The van der Waals surface area contributed by atoms with Crippen LogP contribution in [0.15, 0.2) is 85.3 Å². The van der Waals surface area contributed by atoms with Crippen molar-refractivity contribution in [3.63, 3.8) is 0 Å². The SMILES string of the molecule is O=C(c1ccccn1)N1CCC[C@H](c2nc(Nc3ccccc3)cc(-c3ccncc3)n2)C1. The highest BCUT2D eigenvalue weighted by Crippen LogP contribution is 2.29. The van der Waals surface area contributed by atoms with Crippen molar-refractivity contribution < 1.29 is 4.79 Å². The van der Waals surface area contributed by atoms with E-state index in [1.54, 1.807) is 24.7 Å². The van der Waals surface area contributed by atoms with E-state index in [9.17, 15) is 4.79 Å². The third-order valence-electron chi connectivity index (χ3n) is 5.72. The van der Waals surface area contributed by atoms with E-state index in [0.29, 0.717) is 18.8 Å². The number of nitrogens with one attached hydrogen (secondary N) is 1. The van der Waals surface area contributed by atoms with Gasteiger partial charge in [0.05, 0.1) is 5.69 Å². The summed E-state index contributed by atoms with van der Waals surface area (Å²) < 4.78 is 0. The van der Waals surface area contributed by atoms with Gasteiger partial charge in [0, 0.05) is 54.9 Å². The second-order valence-corrected chi connectivity index (χ2v) is 8.03. The summed E-state index contributed by atoms with van der Waals surface area (Å²) in [7, 11) is 0. The molecule has 7 heteroatoms. The van der Waals surface area contributed by atoms with Crippen LogP contribution in [0.2, 0.25) is 0 Å². The summed E-state index contributed by atoms with van der Waals surface area (Å²) in [4.78, 5) is 32.9. The highest BCUT2D eigenvalue weighted by Gasteiger charge is 2.28. The molecular formula is C26H24N6O. The first kappa shape index (κ1) is 20.8. The van der Waals surface area contributed by atoms with Gasteiger partial charge in [-0.1, -0.05) is 24.3 Å². The van der Waals surface area contributed by atoms with Gasteiger partial charge in [-0.05, 0) is 49.2 Å². The molecule has 0 spiro atoms. The minimum absolute atomic E-state index is 0.0459. The van der Waals surface area contributed by atoms with Gasteiger partial charge in [0.15, 0.2) is 0 Å². The highest BCUT2D eigenvalue weighted by molar-refractivity contribution is 5.92. The lowest BCUT2D eigenvalue weighted by Crippen LogP contribution is -2.39. The molecular weight excluding hydrogens is 412 g/mol. The van der Waals surface area contributed by atoms with Crippen molar-refractivity contribution in [2.75, 3.05) is 18.4 Å². The predicted octanol–water partition coefficient (Wildman–Crippen LogP) is 4.70. The highest BCUT2D eigenvalue weighted by atomic mass is 16.2. The lowest BCUT2D eigenvalue weighted by molar-refractivity contribution is 0.0698. The monoisotopic (exact) mass is 436 g/mol. The van der Waals surface area contributed by atoms with E-state index >= 15 is 0 Å². The van der Waals surface area contributed by atoms with Gasteiger partial charge >= 0.3 is 0 Å². The second-order valence-electron chi connectivity index (χ2n) is 8.03. The predicted molar refractivity (Wildman–Crippen MR) is 127 cm³/mol. The van der Waals surface area contributed by atoms with E-state index in [1.165, 1.54) is 0 Å². The van der Waals surface area contributed by atoms with Crippen LogP contribution in [0.5, 0.6) is 0 Å². The Labute approximate surface area is 192 Å². The van der Waals surface area contributed by atoms with Crippen molar-refractivity contribution in [3.8, 4) is 11.3 Å². The first-order valence-electron chi connectivity index (χ1n) is 11.1. The Morgan fingerprint density at radius 2 is 1.76 bits per heavy atom. The number of hydrogen-bond acceptors (Lipinski definition) is 6. The maximum absolute atomic E-state index is 13.0. The number of pyridine rings is 2. The van der Waals surface area contributed by atoms with Crippen molar-refractivity contribution in [2.45, 2.75) is 18.8 Å². The van der Waals surface area contributed by atoms with Crippen LogP contribution in [-0.2, 0) is 0 Å². The Hall–Kier alpha value is -4.13. The van der Waals surface area contributed by atoms with E-state index < -0.39 is 0 Å². The molecule has 5 rings (SSSR count). The number of aromatic nitrogens is 4. The molecule has 0 aliphatic carbocycles. The van der Waals surface area contributed by atoms with Gasteiger partial charge in [-0.15, -0.1) is 0 Å². The van der Waals surface area contributed by atoms with Gasteiger partial charge in [-0.25, -0.2) is 9.97 Å². The molecule has 1 aliphatic heterocycles. The molecule has 7 nitrogen and oxygen atoms in total. The van der Waals surface area contributed by atoms with Crippen molar-refractivity contribution in [2.24, 2.45) is 0 Å². The van der Waals surface area contributed by atoms with E-state index in [4.69, 9.17) is 9.97 Å². The molecule has 0 bridgehead atoms. The fraction of sp³-hybridized carbons (Fsp3) is 0.192. The van der Waals surface area contributed by atoms with Crippen LogP contribution in [0.3, 0.4) is 0 Å². The van der Waals surface area contributed by atoms with Gasteiger partial charge in [0.25, 0.3) is 5.91 Å². The summed E-state index contributed by atoms with van der Waals surface area (Å²) in [6.45, 7) is 1.28. The normalized spacial score (nSPS) is 15.8. The maximum atomic E-state index is 13.0. The molecule has 1 amide bonds. The van der Waals surface area contributed by atoms with Crippen molar-refractivity contribution in [3.05, 3.63) is 96.8 Å². The van der Waals surface area contributed by atoms with Crippen molar-refractivity contribution in [1.29, 1.82) is 0 Å². The van der Waals surface area contributed by atoms with Gasteiger partial charge in [-0.2, -0.15) is 0 Å². The van der Waals surface area contributed by atoms with Crippen LogP contribution in [0.25, 0.3) is 11.3 Å². The fourth-order valence-electron chi connectivity index (χ4n) is 4.08. The number of para-hydroxylation sites is 1. The number of amides is 1. The van der Waals surface area contributed by atoms with Crippen LogP contribution in [0.4, 0.5) is 11.5 Å². The third kappa shape index (κ3) is 4.87. The molecule has 33 heavy (non-hydrogen) atoms. The summed E-state index contributed by atoms with van der Waals surface area (Å²) in [6.07, 6.45) is 6.99. The summed E-state index contributed by atoms with van der Waals surface area (Å²) in [5.74, 6) is 1.46. The lowest BCUT2D eigenvalue weighted by Gasteiger charge is -2.32. The molecule has 1 atom stereocenters. The van der Waals surface area contributed by atoms with Crippen LogP contribution in [0, 0.1) is 0 Å². The van der Waals surface area contributed by atoms with Gasteiger partial charge in [0.1, 0.15) is 17.3 Å². The van der Waals surface area contributed by atoms with E-state index in [1.807, 2.05) is 65.6 Å². The number of anilines is 2. The lowest BCUT2D eigenvalue weighted by atomic mass is 9.96. The third-order valence-corrected chi connectivity index (χ3v) is 5.72. The summed E-state index contributed by atoms with van der Waals surface area (Å²) >= 11 is 0. The first-order chi connectivity index (χ1) is 16.3. The summed E-state index contributed by atoms with van der Waals surface area (Å²) in [6, 6.07) is 21.2. The van der Waals surface area contributed by atoms with E-state index in [0.717, 1.165) is 41.4 Å². The maximum Gasteiger partial charge on any atom is 0.272 e. The van der Waals surface area contributed by atoms with Gasteiger partial charge in [0.2, 0.25) is 0 Å². The van der Waals surface area contributed by atoms with E-state index in [-0.39, 0.29) is 11.8 Å². The Balaban J connectivity index is 1.46. The number of rotatable bonds is 5. The van der Waals surface area contributed by atoms with Crippen molar-refractivity contribution >= 4 is 17.4 Å². The average Bonchev–Trinajstić information content (AvgIpc) is 2.90. The quantitative estimate of drug-likeness (QED) is 0.488. The number of benzene rings is 1. The number of carbonyl (C=O) groups is 1. The number of nitrogens with zero attached hydrogens (tertiary/aromatic N) is 5. The molecule has 1 N–H and O–H groups in total. The standard InChI is InChI=1S/C26H24N6O/c33-26(22-10-4-5-13-28-22)32-16-6-7-20(18-32)25-30-23(19-11-14-27-15-12-19)17-24(31-25)29-21-8-2-1-3-9-21/h1-5,8-15,17,20H,6-7,16,18H2,(H,29,30,31)/t20-/m0/s1. The average molecular weight is 437 g/mol. The molecule has 1 saturated heterocycles. The van der Waals surface area contributed by atoms with Crippen LogP contribution in [0.1, 0.15) is 35.1 Å². The number of likely N-dealkylation sites (tertiary alicyclic amines) is 1. The zero-order chi connectivity index (χ0) is 22.5. The molecule has 0 radical (unpaired) electrons. The molecule has 0 saturated carbocycles. The molecule has 1 fully saturated rings. The minimum atomic E-state index is -0.0479. The number of hydrogen-bond donors (Lipinski definition) is 1. The fourth-order valence-corrected chi connectivity index (χ4v) is 4.08. The topological polar surface area (TPSA) is 83.9 Å². The van der Waals surface area contributed by atoms with Crippen LogP contribution < -0.4 is 5.32 Å². The number of carbonyl (C=O) groups excluding carboxylic acids is 1.